The summed E-state index contributed by atoms with van der Waals surface area (Å²) in [7, 11) is 1.67. The molecule has 0 aliphatic rings. The monoisotopic (exact) mass is 385 g/mol. The number of aromatic nitrogens is 1. The van der Waals surface area contributed by atoms with Gasteiger partial charge in [0.05, 0.1) is 18.5 Å². The fraction of sp³-hybridized carbons (Fsp3) is 0.0833. The number of hydrogen-bond acceptors (Lipinski definition) is 4. The number of benzene rings is 2. The molecule has 0 spiro atoms. The molecule has 0 saturated heterocycles. The van der Waals surface area contributed by atoms with E-state index in [1.165, 1.54) is 6.08 Å². The minimum atomic E-state index is -0.263. The van der Waals surface area contributed by atoms with E-state index in [-0.39, 0.29) is 5.91 Å². The predicted octanol–water partition coefficient (Wildman–Crippen LogP) is 5.44. The smallest absolute Gasteiger partial charge is 0.247 e. The van der Waals surface area contributed by atoms with Crippen LogP contribution in [0.25, 0.3) is 12.2 Å². The van der Waals surface area contributed by atoms with Crippen molar-refractivity contribution in [3.8, 4) is 5.75 Å². The fourth-order valence-electron chi connectivity index (χ4n) is 2.78. The van der Waals surface area contributed by atoms with Gasteiger partial charge in [-0.05, 0) is 66.1 Å². The van der Waals surface area contributed by atoms with Gasteiger partial charge in [-0.25, -0.2) is 4.98 Å². The largest absolute Gasteiger partial charge is 0.497 e. The second-order valence-electron chi connectivity index (χ2n) is 6.46. The van der Waals surface area contributed by atoms with Crippen molar-refractivity contribution in [2.24, 2.45) is 0 Å². The van der Waals surface area contributed by atoms with Crippen molar-refractivity contribution < 1.29 is 9.53 Å². The van der Waals surface area contributed by atoms with Gasteiger partial charge in [0.25, 0.3) is 0 Å². The van der Waals surface area contributed by atoms with Crippen LogP contribution in [0, 0.1) is 6.92 Å². The number of amides is 1. The lowest BCUT2D eigenvalue weighted by Crippen LogP contribution is -2.09. The number of carbonyl (C=O) groups is 1. The van der Waals surface area contributed by atoms with Crippen molar-refractivity contribution in [2.75, 3.05) is 17.7 Å². The van der Waals surface area contributed by atoms with Crippen LogP contribution in [0.2, 0.25) is 0 Å². The summed E-state index contributed by atoms with van der Waals surface area (Å²) in [6.45, 7) is 5.51. The molecule has 2 aromatic carbocycles. The average Bonchev–Trinajstić information content (AvgIpc) is 2.74. The first-order chi connectivity index (χ1) is 14.1. The van der Waals surface area contributed by atoms with Crippen LogP contribution in [0.15, 0.2) is 73.4 Å². The molecule has 146 valence electrons. The van der Waals surface area contributed by atoms with Gasteiger partial charge in [0.2, 0.25) is 5.91 Å². The lowest BCUT2D eigenvalue weighted by atomic mass is 10.1. The van der Waals surface area contributed by atoms with Crippen LogP contribution in [0.4, 0.5) is 17.2 Å². The van der Waals surface area contributed by atoms with Gasteiger partial charge in [0.1, 0.15) is 11.6 Å². The SMILES string of the molecule is C=CC(=O)Nc1ccccc1Nc1ccc(/C=C\c2cc(C)cc(OC)c2)cn1. The van der Waals surface area contributed by atoms with E-state index in [1.807, 2.05) is 67.6 Å². The van der Waals surface area contributed by atoms with Gasteiger partial charge in [0.15, 0.2) is 0 Å². The first kappa shape index (κ1) is 19.9. The van der Waals surface area contributed by atoms with E-state index in [4.69, 9.17) is 4.74 Å². The molecule has 29 heavy (non-hydrogen) atoms. The van der Waals surface area contributed by atoms with Gasteiger partial charge in [-0.1, -0.05) is 36.9 Å². The van der Waals surface area contributed by atoms with Crippen LogP contribution in [-0.4, -0.2) is 18.0 Å². The summed E-state index contributed by atoms with van der Waals surface area (Å²) in [5.74, 6) is 1.25. The molecular formula is C24H23N3O2. The number of ether oxygens (including phenoxy) is 1. The molecule has 0 unspecified atom stereocenters. The number of rotatable bonds is 7. The number of anilines is 3. The molecule has 1 heterocycles. The van der Waals surface area contributed by atoms with Crippen LogP contribution in [0.3, 0.4) is 0 Å². The van der Waals surface area contributed by atoms with E-state index in [1.54, 1.807) is 13.3 Å². The summed E-state index contributed by atoms with van der Waals surface area (Å²) in [4.78, 5) is 16.1. The van der Waals surface area contributed by atoms with Crippen molar-refractivity contribution in [1.29, 1.82) is 0 Å². The molecule has 1 amide bonds. The first-order valence-corrected chi connectivity index (χ1v) is 9.16. The van der Waals surface area contributed by atoms with Crippen molar-refractivity contribution in [2.45, 2.75) is 6.92 Å². The molecular weight excluding hydrogens is 362 g/mol. The van der Waals surface area contributed by atoms with Crippen molar-refractivity contribution in [3.05, 3.63) is 90.1 Å². The van der Waals surface area contributed by atoms with Gasteiger partial charge in [-0.3, -0.25) is 4.79 Å². The second kappa shape index (κ2) is 9.37. The Morgan fingerprint density at radius 1 is 1.03 bits per heavy atom. The molecule has 3 aromatic rings. The minimum Gasteiger partial charge on any atom is -0.497 e. The molecule has 0 saturated carbocycles. The van der Waals surface area contributed by atoms with E-state index < -0.39 is 0 Å². The average molecular weight is 385 g/mol. The Labute approximate surface area is 170 Å². The Bertz CT molecular complexity index is 1040. The predicted molar refractivity (Wildman–Crippen MR) is 119 cm³/mol. The molecule has 0 aliphatic heterocycles. The van der Waals surface area contributed by atoms with Crippen LogP contribution in [0.1, 0.15) is 16.7 Å². The summed E-state index contributed by atoms with van der Waals surface area (Å²) < 4.78 is 5.31. The Hall–Kier alpha value is -3.86. The number of nitrogens with zero attached hydrogens (tertiary/aromatic N) is 1. The number of methoxy groups -OCH3 is 1. The summed E-state index contributed by atoms with van der Waals surface area (Å²) in [5, 5.41) is 6.00. The van der Waals surface area contributed by atoms with Crippen LogP contribution in [0.5, 0.6) is 5.75 Å². The van der Waals surface area contributed by atoms with Crippen molar-refractivity contribution in [1.82, 2.24) is 4.98 Å². The number of carbonyl (C=O) groups excluding carboxylic acids is 1. The standard InChI is InChI=1S/C24H23N3O2/c1-4-24(28)27-22-8-6-5-7-21(22)26-23-12-11-18(16-25-23)9-10-19-13-17(2)14-20(15-19)29-3/h4-16H,1H2,2-3H3,(H,25,26)(H,27,28)/b10-9-. The summed E-state index contributed by atoms with van der Waals surface area (Å²) >= 11 is 0. The molecule has 5 nitrogen and oxygen atoms in total. The van der Waals surface area contributed by atoms with E-state index >= 15 is 0 Å². The summed E-state index contributed by atoms with van der Waals surface area (Å²) in [6.07, 6.45) is 7.06. The molecule has 0 radical (unpaired) electrons. The highest BCUT2D eigenvalue weighted by Gasteiger charge is 2.05. The highest BCUT2D eigenvalue weighted by Crippen LogP contribution is 2.25. The van der Waals surface area contributed by atoms with E-state index in [9.17, 15) is 4.79 Å². The van der Waals surface area contributed by atoms with Crippen molar-refractivity contribution >= 4 is 35.3 Å². The third-order valence-electron chi connectivity index (χ3n) is 4.20. The zero-order valence-electron chi connectivity index (χ0n) is 16.5. The molecule has 1 aromatic heterocycles. The Kier molecular flexibility index (Phi) is 6.43. The maximum atomic E-state index is 11.6. The number of para-hydroxylation sites is 2. The minimum absolute atomic E-state index is 0.263. The Morgan fingerprint density at radius 2 is 1.79 bits per heavy atom. The third kappa shape index (κ3) is 5.56. The molecule has 2 N–H and O–H groups in total. The summed E-state index contributed by atoms with van der Waals surface area (Å²) in [6, 6.07) is 17.4. The van der Waals surface area contributed by atoms with Gasteiger partial charge < -0.3 is 15.4 Å². The molecule has 3 rings (SSSR count). The van der Waals surface area contributed by atoms with E-state index in [2.05, 4.69) is 28.3 Å². The highest BCUT2D eigenvalue weighted by atomic mass is 16.5. The van der Waals surface area contributed by atoms with E-state index in [0.29, 0.717) is 11.5 Å². The highest BCUT2D eigenvalue weighted by molar-refractivity contribution is 6.01. The van der Waals surface area contributed by atoms with E-state index in [0.717, 1.165) is 28.1 Å². The number of nitrogens with one attached hydrogen (secondary N) is 2. The molecule has 5 heteroatoms. The normalized spacial score (nSPS) is 10.6. The van der Waals surface area contributed by atoms with Gasteiger partial charge in [-0.15, -0.1) is 0 Å². The first-order valence-electron chi connectivity index (χ1n) is 9.16. The third-order valence-corrected chi connectivity index (χ3v) is 4.20. The maximum absolute atomic E-state index is 11.6. The fourth-order valence-corrected chi connectivity index (χ4v) is 2.78. The Balaban J connectivity index is 1.72. The van der Waals surface area contributed by atoms with Crippen LogP contribution in [-0.2, 0) is 4.79 Å². The zero-order chi connectivity index (χ0) is 20.6. The molecule has 0 aliphatic carbocycles. The van der Waals surface area contributed by atoms with Crippen LogP contribution >= 0.6 is 0 Å². The Morgan fingerprint density at radius 3 is 2.48 bits per heavy atom. The molecule has 0 atom stereocenters. The summed E-state index contributed by atoms with van der Waals surface area (Å²) in [5.41, 5.74) is 4.60. The van der Waals surface area contributed by atoms with Crippen LogP contribution < -0.4 is 15.4 Å². The van der Waals surface area contributed by atoms with Gasteiger partial charge >= 0.3 is 0 Å². The maximum Gasteiger partial charge on any atom is 0.247 e. The van der Waals surface area contributed by atoms with Gasteiger partial charge in [0, 0.05) is 6.20 Å². The van der Waals surface area contributed by atoms with Gasteiger partial charge in [-0.2, -0.15) is 0 Å². The zero-order valence-corrected chi connectivity index (χ0v) is 16.5. The second-order valence-corrected chi connectivity index (χ2v) is 6.46. The lowest BCUT2D eigenvalue weighted by molar-refractivity contribution is -0.111. The number of aryl methyl sites for hydroxylation is 1. The number of pyridine rings is 1. The van der Waals surface area contributed by atoms with Crippen molar-refractivity contribution in [3.63, 3.8) is 0 Å². The molecule has 0 bridgehead atoms. The molecule has 0 fully saturated rings. The quantitative estimate of drug-likeness (QED) is 0.532. The topological polar surface area (TPSA) is 63.2 Å². The number of hydrogen-bond donors (Lipinski definition) is 2. The lowest BCUT2D eigenvalue weighted by Gasteiger charge is -2.11.